The number of aromatic nitrogens is 1. The molecule has 3 aromatic rings. The molecule has 1 unspecified atom stereocenters. The van der Waals surface area contributed by atoms with Gasteiger partial charge in [-0.05, 0) is 55.1 Å². The number of pyridine rings is 1. The van der Waals surface area contributed by atoms with Crippen LogP contribution >= 0.6 is 0 Å². The van der Waals surface area contributed by atoms with Gasteiger partial charge in [0.25, 0.3) is 0 Å². The number of benzene rings is 2. The molecule has 5 nitrogen and oxygen atoms in total. The van der Waals surface area contributed by atoms with Gasteiger partial charge in [0.1, 0.15) is 5.75 Å². The number of methoxy groups -OCH3 is 1. The molecule has 1 fully saturated rings. The third kappa shape index (κ3) is 3.81. The predicted octanol–water partition coefficient (Wildman–Crippen LogP) is 3.45. The number of β-amino-alcohol motifs (C(OH)–C–C–N with tert-alkyl or cyclic N) is 1. The second-order valence-electron chi connectivity index (χ2n) is 7.47. The molecule has 0 aliphatic carbocycles. The number of hydrogen-bond donors (Lipinski definition) is 2. The van der Waals surface area contributed by atoms with Crippen LogP contribution in [-0.4, -0.2) is 41.7 Å². The van der Waals surface area contributed by atoms with Gasteiger partial charge in [0, 0.05) is 18.0 Å². The highest BCUT2D eigenvalue weighted by Gasteiger charge is 2.23. The van der Waals surface area contributed by atoms with Gasteiger partial charge in [0.05, 0.1) is 18.7 Å². The Morgan fingerprint density at radius 2 is 1.86 bits per heavy atom. The van der Waals surface area contributed by atoms with E-state index < -0.39 is 6.10 Å². The van der Waals surface area contributed by atoms with Gasteiger partial charge >= 0.3 is 0 Å². The number of fused-ring (bicyclic) bond motifs is 1. The monoisotopic (exact) mass is 378 g/mol. The largest absolute Gasteiger partial charge is 0.495 e. The molecular formula is C23H26N2O3. The van der Waals surface area contributed by atoms with Crippen molar-refractivity contribution < 1.29 is 9.84 Å². The number of nitrogens with one attached hydrogen (secondary N) is 1. The summed E-state index contributed by atoms with van der Waals surface area (Å²) >= 11 is 0. The van der Waals surface area contributed by atoms with Crippen molar-refractivity contribution in [2.45, 2.75) is 24.9 Å². The summed E-state index contributed by atoms with van der Waals surface area (Å²) in [4.78, 5) is 16.9. The van der Waals surface area contributed by atoms with Crippen molar-refractivity contribution in [3.63, 3.8) is 0 Å². The van der Waals surface area contributed by atoms with E-state index >= 15 is 0 Å². The summed E-state index contributed by atoms with van der Waals surface area (Å²) in [7, 11) is 1.58. The van der Waals surface area contributed by atoms with Crippen LogP contribution in [0, 0.1) is 0 Å². The SMILES string of the molecule is COc1ccc(C(O)CN2CCC(c3ccccc3)CC2)c2ccc(=O)[nH]c12. The Kier molecular flexibility index (Phi) is 5.46. The highest BCUT2D eigenvalue weighted by Crippen LogP contribution is 2.32. The van der Waals surface area contributed by atoms with Gasteiger partial charge < -0.3 is 19.7 Å². The van der Waals surface area contributed by atoms with E-state index in [0.29, 0.717) is 23.7 Å². The zero-order valence-electron chi connectivity index (χ0n) is 16.1. The Balaban J connectivity index is 1.47. The molecule has 0 radical (unpaired) electrons. The van der Waals surface area contributed by atoms with Crippen LogP contribution in [0.3, 0.4) is 0 Å². The fraction of sp³-hybridized carbons (Fsp3) is 0.348. The minimum atomic E-state index is -0.618. The van der Waals surface area contributed by atoms with Crippen LogP contribution in [0.1, 0.15) is 36.0 Å². The second kappa shape index (κ2) is 8.17. The van der Waals surface area contributed by atoms with Crippen LogP contribution in [0.2, 0.25) is 0 Å². The molecule has 1 aliphatic rings. The number of H-pyrrole nitrogens is 1. The van der Waals surface area contributed by atoms with Crippen molar-refractivity contribution in [2.75, 3.05) is 26.7 Å². The summed E-state index contributed by atoms with van der Waals surface area (Å²) in [6.45, 7) is 2.53. The fourth-order valence-corrected chi connectivity index (χ4v) is 4.23. The molecule has 5 heteroatoms. The number of hydrogen-bond acceptors (Lipinski definition) is 4. The molecule has 1 saturated heterocycles. The summed E-state index contributed by atoms with van der Waals surface area (Å²) in [6, 6.07) is 17.6. The molecular weight excluding hydrogens is 352 g/mol. The minimum absolute atomic E-state index is 0.180. The average molecular weight is 378 g/mol. The lowest BCUT2D eigenvalue weighted by Crippen LogP contribution is -2.36. The van der Waals surface area contributed by atoms with Crippen LogP contribution in [0.4, 0.5) is 0 Å². The minimum Gasteiger partial charge on any atom is -0.495 e. The summed E-state index contributed by atoms with van der Waals surface area (Å²) in [5.41, 5.74) is 2.68. The molecule has 1 aromatic heterocycles. The number of aliphatic hydroxyl groups is 1. The number of aliphatic hydroxyl groups excluding tert-OH is 1. The van der Waals surface area contributed by atoms with E-state index in [0.717, 1.165) is 36.9 Å². The van der Waals surface area contributed by atoms with E-state index in [1.165, 1.54) is 11.6 Å². The van der Waals surface area contributed by atoms with Crippen molar-refractivity contribution in [2.24, 2.45) is 0 Å². The van der Waals surface area contributed by atoms with E-state index in [-0.39, 0.29) is 5.56 Å². The van der Waals surface area contributed by atoms with Gasteiger partial charge in [-0.1, -0.05) is 36.4 Å². The fourth-order valence-electron chi connectivity index (χ4n) is 4.23. The standard InChI is InChI=1S/C23H26N2O3/c1-28-21-9-7-18(19-8-10-22(27)24-23(19)21)20(26)15-25-13-11-17(12-14-25)16-5-3-2-4-6-16/h2-10,17,20,26H,11-15H2,1H3,(H,24,27). The second-order valence-corrected chi connectivity index (χ2v) is 7.47. The van der Waals surface area contributed by atoms with Crippen molar-refractivity contribution in [3.8, 4) is 5.75 Å². The smallest absolute Gasteiger partial charge is 0.248 e. The number of aromatic amines is 1. The molecule has 1 aliphatic heterocycles. The molecule has 0 saturated carbocycles. The highest BCUT2D eigenvalue weighted by atomic mass is 16.5. The van der Waals surface area contributed by atoms with Gasteiger partial charge in [-0.25, -0.2) is 0 Å². The van der Waals surface area contributed by atoms with Crippen LogP contribution in [-0.2, 0) is 0 Å². The maximum absolute atomic E-state index is 11.7. The summed E-state index contributed by atoms with van der Waals surface area (Å²) < 4.78 is 5.36. The number of rotatable bonds is 5. The summed E-state index contributed by atoms with van der Waals surface area (Å²) in [5, 5.41) is 11.7. The molecule has 2 heterocycles. The van der Waals surface area contributed by atoms with Crippen LogP contribution in [0.15, 0.2) is 59.4 Å². The Labute approximate surface area is 164 Å². The Morgan fingerprint density at radius 3 is 2.57 bits per heavy atom. The van der Waals surface area contributed by atoms with Gasteiger partial charge in [-0.15, -0.1) is 0 Å². The third-order valence-electron chi connectivity index (χ3n) is 5.76. The Bertz CT molecular complexity index is 992. The lowest BCUT2D eigenvalue weighted by molar-refractivity contribution is 0.0981. The van der Waals surface area contributed by atoms with E-state index in [4.69, 9.17) is 4.74 Å². The predicted molar refractivity (Wildman–Crippen MR) is 111 cm³/mol. The first kappa shape index (κ1) is 18.7. The Hall–Kier alpha value is -2.63. The first-order valence-electron chi connectivity index (χ1n) is 9.81. The van der Waals surface area contributed by atoms with Gasteiger partial charge in [-0.2, -0.15) is 0 Å². The lowest BCUT2D eigenvalue weighted by atomic mass is 9.89. The summed E-state index contributed by atoms with van der Waals surface area (Å²) in [6.07, 6.45) is 1.59. The van der Waals surface area contributed by atoms with Gasteiger partial charge in [0.2, 0.25) is 5.56 Å². The lowest BCUT2D eigenvalue weighted by Gasteiger charge is -2.33. The molecule has 0 bridgehead atoms. The molecule has 2 aromatic carbocycles. The third-order valence-corrected chi connectivity index (χ3v) is 5.76. The number of nitrogens with zero attached hydrogens (tertiary/aromatic N) is 1. The van der Waals surface area contributed by atoms with E-state index in [1.807, 2.05) is 6.07 Å². The molecule has 2 N–H and O–H groups in total. The van der Waals surface area contributed by atoms with Crippen molar-refractivity contribution in [1.29, 1.82) is 0 Å². The maximum atomic E-state index is 11.7. The molecule has 28 heavy (non-hydrogen) atoms. The van der Waals surface area contributed by atoms with Crippen LogP contribution < -0.4 is 10.3 Å². The number of ether oxygens (including phenoxy) is 1. The van der Waals surface area contributed by atoms with Crippen molar-refractivity contribution in [3.05, 3.63) is 76.1 Å². The molecule has 0 spiro atoms. The quantitative estimate of drug-likeness (QED) is 0.714. The highest BCUT2D eigenvalue weighted by molar-refractivity contribution is 5.87. The van der Waals surface area contributed by atoms with Gasteiger partial charge in [0.15, 0.2) is 0 Å². The molecule has 1 atom stereocenters. The maximum Gasteiger partial charge on any atom is 0.248 e. The normalized spacial score (nSPS) is 16.9. The first-order chi connectivity index (χ1) is 13.7. The molecule has 0 amide bonds. The topological polar surface area (TPSA) is 65.6 Å². The first-order valence-corrected chi connectivity index (χ1v) is 9.81. The molecule has 4 rings (SSSR count). The van der Waals surface area contributed by atoms with E-state index in [1.54, 1.807) is 19.2 Å². The van der Waals surface area contributed by atoms with Crippen molar-refractivity contribution >= 4 is 10.9 Å². The van der Waals surface area contributed by atoms with E-state index in [9.17, 15) is 9.90 Å². The average Bonchev–Trinajstić information content (AvgIpc) is 2.74. The number of piperidine rings is 1. The van der Waals surface area contributed by atoms with Gasteiger partial charge in [-0.3, -0.25) is 4.79 Å². The number of likely N-dealkylation sites (tertiary alicyclic amines) is 1. The van der Waals surface area contributed by atoms with E-state index in [2.05, 4.69) is 40.2 Å². The van der Waals surface area contributed by atoms with Crippen molar-refractivity contribution in [1.82, 2.24) is 9.88 Å². The zero-order valence-corrected chi connectivity index (χ0v) is 16.1. The Morgan fingerprint density at radius 1 is 1.11 bits per heavy atom. The zero-order chi connectivity index (χ0) is 19.5. The summed E-state index contributed by atoms with van der Waals surface area (Å²) in [5.74, 6) is 1.20. The van der Waals surface area contributed by atoms with Crippen LogP contribution in [0.5, 0.6) is 5.75 Å². The van der Waals surface area contributed by atoms with Crippen LogP contribution in [0.25, 0.3) is 10.9 Å². The molecule has 146 valence electrons.